The van der Waals surface area contributed by atoms with Crippen molar-refractivity contribution in [3.8, 4) is 0 Å². The predicted octanol–water partition coefficient (Wildman–Crippen LogP) is 9.72. The molecule has 0 aliphatic carbocycles. The highest BCUT2D eigenvalue weighted by molar-refractivity contribution is 6.85. The fourth-order valence-electron chi connectivity index (χ4n) is 6.09. The lowest BCUT2D eigenvalue weighted by Gasteiger charge is -2.55. The van der Waals surface area contributed by atoms with Crippen molar-refractivity contribution in [2.45, 2.75) is 193 Å². The Hall–Kier alpha value is 0.404. The molecule has 0 bridgehead atoms. The second-order valence-electron chi connectivity index (χ2n) is 16.2. The zero-order chi connectivity index (χ0) is 34.4. The van der Waals surface area contributed by atoms with Crippen molar-refractivity contribution in [2.75, 3.05) is 0 Å². The zero-order valence-electron chi connectivity index (χ0n) is 32.4. The van der Waals surface area contributed by atoms with E-state index >= 15 is 0 Å². The lowest BCUT2D eigenvalue weighted by Crippen LogP contribution is -2.64. The van der Waals surface area contributed by atoms with Crippen molar-refractivity contribution in [1.82, 2.24) is 0 Å². The van der Waals surface area contributed by atoms with Crippen LogP contribution in [0.3, 0.4) is 0 Å². The minimum Gasteiger partial charge on any atom is -0.421 e. The van der Waals surface area contributed by atoms with Crippen molar-refractivity contribution < 1.29 is 17.7 Å². The number of hydrogen-bond acceptors (Lipinski definition) is 4. The van der Waals surface area contributed by atoms with E-state index in [1.54, 1.807) is 0 Å². The van der Waals surface area contributed by atoms with Crippen LogP contribution >= 0.6 is 0 Å². The van der Waals surface area contributed by atoms with E-state index in [1.807, 2.05) is 5.70 Å². The van der Waals surface area contributed by atoms with Crippen LogP contribution in [0.4, 0.5) is 0 Å². The van der Waals surface area contributed by atoms with Gasteiger partial charge in [0, 0.05) is 15.3 Å². The summed E-state index contributed by atoms with van der Waals surface area (Å²) in [6.45, 7) is 50.3. The van der Waals surface area contributed by atoms with Gasteiger partial charge in [-0.05, 0) is 92.4 Å². The summed E-state index contributed by atoms with van der Waals surface area (Å²) in [7, 11) is -8.03. The molecule has 6 unspecified atom stereocenters. The Morgan fingerprint density at radius 2 is 0.953 bits per heavy atom. The summed E-state index contributed by atoms with van der Waals surface area (Å²) < 4.78 is 28.9. The Kier molecular flexibility index (Phi) is 15.7. The Labute approximate surface area is 278 Å². The average Bonchev–Trinajstić information content (AvgIpc) is 2.96. The monoisotopic (exact) mass is 688 g/mol. The van der Waals surface area contributed by atoms with Crippen LogP contribution in [-0.2, 0) is 17.7 Å². The molecule has 0 rings (SSSR count). The first-order valence-electron chi connectivity index (χ1n) is 17.3. The van der Waals surface area contributed by atoms with E-state index in [-0.39, 0.29) is 31.7 Å². The summed E-state index contributed by atoms with van der Waals surface area (Å²) in [6.07, 6.45) is 5.99. The quantitative estimate of drug-likeness (QED) is 0.106. The Balaban J connectivity index is 6.41. The summed E-state index contributed by atoms with van der Waals surface area (Å²) in [5, 5.41) is -0.391. The van der Waals surface area contributed by atoms with Crippen LogP contribution in [0, 0.1) is 0 Å². The largest absolute Gasteiger partial charge is 0.421 e. The SMILES string of the molecule is C=C[Si](C)(C)OC(C)(CC)[Si](C)(C)OC(C)(CC)C(C)(CC)[SiH2]OC(C)(CC)C(C)(CC)[SiH2]OC(C)(CC)[Si](C)(C)C=C. The summed E-state index contributed by atoms with van der Waals surface area (Å²) in [5.41, 5.74) is 3.73. The van der Waals surface area contributed by atoms with E-state index < -0.39 is 44.2 Å². The van der Waals surface area contributed by atoms with Gasteiger partial charge in [0.15, 0.2) is 19.5 Å². The van der Waals surface area contributed by atoms with Gasteiger partial charge in [-0.3, -0.25) is 0 Å². The van der Waals surface area contributed by atoms with Crippen LogP contribution < -0.4 is 0 Å². The molecule has 0 saturated heterocycles. The fourth-order valence-corrected chi connectivity index (χ4v) is 19.0. The van der Waals surface area contributed by atoms with Crippen LogP contribution in [0.5, 0.6) is 0 Å². The van der Waals surface area contributed by atoms with Crippen molar-refractivity contribution in [3.05, 3.63) is 24.6 Å². The molecule has 6 atom stereocenters. The van der Waals surface area contributed by atoms with Gasteiger partial charge in [0.1, 0.15) is 8.07 Å². The van der Waals surface area contributed by atoms with Gasteiger partial charge in [0.2, 0.25) is 16.6 Å². The van der Waals surface area contributed by atoms with Crippen molar-refractivity contribution in [1.29, 1.82) is 0 Å². The van der Waals surface area contributed by atoms with E-state index in [0.717, 1.165) is 38.5 Å². The van der Waals surface area contributed by atoms with Gasteiger partial charge >= 0.3 is 0 Å². The fraction of sp³-hybridized carbons (Fsp3) is 0.882. The third kappa shape index (κ3) is 9.27. The minimum absolute atomic E-state index is 0.0263. The number of rotatable bonds is 22. The van der Waals surface area contributed by atoms with Gasteiger partial charge in [-0.15, -0.1) is 13.2 Å². The summed E-state index contributed by atoms with van der Waals surface area (Å²) in [6, 6.07) is 0. The molecule has 0 amide bonds. The van der Waals surface area contributed by atoms with Crippen LogP contribution in [-0.4, -0.2) is 65.9 Å². The molecule has 0 fully saturated rings. The van der Waals surface area contributed by atoms with E-state index in [2.05, 4.69) is 141 Å². The minimum atomic E-state index is -2.34. The molecular formula is C34H76O4Si5. The van der Waals surface area contributed by atoms with Gasteiger partial charge in [-0.2, -0.15) is 0 Å². The lowest BCUT2D eigenvalue weighted by molar-refractivity contribution is -0.0187. The maximum absolute atomic E-state index is 7.48. The Morgan fingerprint density at radius 1 is 0.535 bits per heavy atom. The van der Waals surface area contributed by atoms with Crippen molar-refractivity contribution >= 4 is 44.2 Å². The first kappa shape index (κ1) is 43.4. The Morgan fingerprint density at radius 3 is 1.30 bits per heavy atom. The third-order valence-electron chi connectivity index (χ3n) is 12.8. The molecule has 0 aliphatic heterocycles. The van der Waals surface area contributed by atoms with Crippen LogP contribution in [0.15, 0.2) is 24.6 Å². The molecule has 0 heterocycles. The average molecular weight is 689 g/mol. The molecule has 0 aliphatic rings. The first-order chi connectivity index (χ1) is 19.3. The second kappa shape index (κ2) is 15.5. The molecule has 4 nitrogen and oxygen atoms in total. The molecule has 0 spiro atoms. The van der Waals surface area contributed by atoms with Gasteiger partial charge < -0.3 is 17.7 Å². The maximum atomic E-state index is 7.48. The van der Waals surface area contributed by atoms with Gasteiger partial charge in [0.05, 0.1) is 16.4 Å². The predicted molar refractivity (Wildman–Crippen MR) is 206 cm³/mol. The van der Waals surface area contributed by atoms with Crippen LogP contribution in [0.2, 0.25) is 49.4 Å². The smallest absolute Gasteiger partial charge is 0.217 e. The highest BCUT2D eigenvalue weighted by Crippen LogP contribution is 2.53. The molecule has 0 N–H and O–H groups in total. The number of hydrogen-bond donors (Lipinski definition) is 0. The van der Waals surface area contributed by atoms with Gasteiger partial charge in [0.25, 0.3) is 0 Å². The summed E-state index contributed by atoms with van der Waals surface area (Å²) in [5.74, 6) is 0. The highest BCUT2D eigenvalue weighted by atomic mass is 28.4. The Bertz CT molecular complexity index is 913. The lowest BCUT2D eigenvalue weighted by atomic mass is 9.85. The molecule has 9 heteroatoms. The molecule has 0 aromatic rings. The van der Waals surface area contributed by atoms with Crippen molar-refractivity contribution in [2.24, 2.45) is 0 Å². The van der Waals surface area contributed by atoms with Crippen LogP contribution in [0.25, 0.3) is 0 Å². The normalized spacial score (nSPS) is 22.4. The molecule has 43 heavy (non-hydrogen) atoms. The molecular weight excluding hydrogens is 613 g/mol. The topological polar surface area (TPSA) is 36.9 Å². The molecule has 0 saturated carbocycles. The highest BCUT2D eigenvalue weighted by Gasteiger charge is 2.55. The van der Waals surface area contributed by atoms with Crippen molar-refractivity contribution in [3.63, 3.8) is 0 Å². The summed E-state index contributed by atoms with van der Waals surface area (Å²) >= 11 is 0. The van der Waals surface area contributed by atoms with Crippen LogP contribution in [0.1, 0.15) is 122 Å². The molecule has 0 radical (unpaired) electrons. The summed E-state index contributed by atoms with van der Waals surface area (Å²) in [4.78, 5) is 0. The first-order valence-corrected chi connectivity index (χ1v) is 28.8. The standard InChI is InChI=1S/C34H76O4Si5/c1-21-29(9,31(11,23-3)40-36-33(13,25-5)41(15,16)27-7)35-39-32(12,24-4)30(10,22-2)37-43(19,20)34(14,26-6)38-42(17,18)28-8/h27-28H,7-8,21-26,39-40H2,1-6,9-20H3. The van der Waals surface area contributed by atoms with Gasteiger partial charge in [-0.1, -0.05) is 79.9 Å². The molecule has 0 aromatic carbocycles. The second-order valence-corrected chi connectivity index (χ2v) is 33.5. The van der Waals surface area contributed by atoms with E-state index in [4.69, 9.17) is 17.7 Å². The van der Waals surface area contributed by atoms with Gasteiger partial charge in [-0.25, -0.2) is 0 Å². The zero-order valence-corrected chi connectivity index (χ0v) is 38.2. The molecule has 256 valence electrons. The van der Waals surface area contributed by atoms with E-state index in [1.165, 1.54) is 0 Å². The van der Waals surface area contributed by atoms with E-state index in [9.17, 15) is 0 Å². The van der Waals surface area contributed by atoms with E-state index in [0.29, 0.717) is 0 Å². The third-order valence-corrected chi connectivity index (χ3v) is 28.8. The maximum Gasteiger partial charge on any atom is 0.217 e. The molecule has 0 aromatic heterocycles.